The van der Waals surface area contributed by atoms with E-state index in [4.69, 9.17) is 4.74 Å². The molecule has 1 heterocycles. The number of amides is 1. The summed E-state index contributed by atoms with van der Waals surface area (Å²) in [5.41, 5.74) is 4.97. The first-order valence-corrected chi connectivity index (χ1v) is 9.31. The van der Waals surface area contributed by atoms with Gasteiger partial charge in [0.25, 0.3) is 5.91 Å². The molecule has 0 bridgehead atoms. The van der Waals surface area contributed by atoms with Crippen LogP contribution in [0.3, 0.4) is 0 Å². The molecular formula is C22H20BrNO3. The Kier molecular flexibility index (Phi) is 5.33. The van der Waals surface area contributed by atoms with Crippen LogP contribution < -0.4 is 4.90 Å². The van der Waals surface area contributed by atoms with Crippen molar-refractivity contribution in [2.45, 2.75) is 20.8 Å². The molecule has 0 radical (unpaired) electrons. The molecule has 2 aromatic carbocycles. The first kappa shape index (κ1) is 19.1. The van der Waals surface area contributed by atoms with Crippen LogP contribution in [0.2, 0.25) is 0 Å². The van der Waals surface area contributed by atoms with E-state index < -0.39 is 5.97 Å². The fraction of sp³-hybridized carbons (Fsp3) is 0.182. The van der Waals surface area contributed by atoms with Gasteiger partial charge in [-0.25, -0.2) is 4.79 Å². The SMILES string of the molecule is COC(=O)C1=C(C)N(c2ccc(C)c(C)c2)C(=O)/C1=C\c1cccc(Br)c1. The number of ether oxygens (including phenoxy) is 1. The van der Waals surface area contributed by atoms with Crippen molar-refractivity contribution in [3.8, 4) is 0 Å². The summed E-state index contributed by atoms with van der Waals surface area (Å²) in [7, 11) is 1.32. The Morgan fingerprint density at radius 2 is 1.81 bits per heavy atom. The molecule has 5 heteroatoms. The van der Waals surface area contributed by atoms with Crippen molar-refractivity contribution < 1.29 is 14.3 Å². The van der Waals surface area contributed by atoms with E-state index in [1.54, 1.807) is 17.9 Å². The first-order chi connectivity index (χ1) is 12.8. The molecule has 1 aliphatic rings. The van der Waals surface area contributed by atoms with E-state index >= 15 is 0 Å². The molecule has 138 valence electrons. The molecule has 0 aliphatic carbocycles. The number of carbonyl (C=O) groups is 2. The molecule has 0 atom stereocenters. The largest absolute Gasteiger partial charge is 0.465 e. The average Bonchev–Trinajstić information content (AvgIpc) is 2.87. The zero-order valence-corrected chi connectivity index (χ0v) is 17.3. The van der Waals surface area contributed by atoms with Crippen LogP contribution in [0.1, 0.15) is 23.6 Å². The smallest absolute Gasteiger partial charge is 0.340 e. The third-order valence-electron chi connectivity index (χ3n) is 4.70. The van der Waals surface area contributed by atoms with Gasteiger partial charge in [0.05, 0.1) is 18.3 Å². The molecule has 0 fully saturated rings. The minimum Gasteiger partial charge on any atom is -0.465 e. The molecule has 4 nitrogen and oxygen atoms in total. The summed E-state index contributed by atoms with van der Waals surface area (Å²) in [5.74, 6) is -0.760. The monoisotopic (exact) mass is 425 g/mol. The lowest BCUT2D eigenvalue weighted by molar-refractivity contribution is -0.136. The Hall–Kier alpha value is -2.66. The topological polar surface area (TPSA) is 46.6 Å². The van der Waals surface area contributed by atoms with Gasteiger partial charge in [0.2, 0.25) is 0 Å². The van der Waals surface area contributed by atoms with Gasteiger partial charge in [0.15, 0.2) is 0 Å². The predicted molar refractivity (Wildman–Crippen MR) is 110 cm³/mol. The normalized spacial score (nSPS) is 15.7. The number of anilines is 1. The van der Waals surface area contributed by atoms with Gasteiger partial charge in [-0.3, -0.25) is 9.69 Å². The number of benzene rings is 2. The van der Waals surface area contributed by atoms with Crippen LogP contribution >= 0.6 is 15.9 Å². The Morgan fingerprint density at radius 3 is 2.44 bits per heavy atom. The lowest BCUT2D eigenvalue weighted by atomic mass is 10.0. The standard InChI is InChI=1S/C22H20BrNO3/c1-13-8-9-18(10-14(13)2)24-15(3)20(22(26)27-4)19(21(24)25)12-16-6-5-7-17(23)11-16/h5-12H,1-4H3/b19-12-. The van der Waals surface area contributed by atoms with Gasteiger partial charge in [-0.15, -0.1) is 0 Å². The lowest BCUT2D eigenvalue weighted by Crippen LogP contribution is -2.24. The van der Waals surface area contributed by atoms with Crippen molar-refractivity contribution in [3.05, 3.63) is 80.5 Å². The second-order valence-electron chi connectivity index (χ2n) is 6.47. The molecule has 0 spiro atoms. The summed E-state index contributed by atoms with van der Waals surface area (Å²) in [4.78, 5) is 27.2. The summed E-state index contributed by atoms with van der Waals surface area (Å²) >= 11 is 3.43. The van der Waals surface area contributed by atoms with Crippen molar-refractivity contribution >= 4 is 39.6 Å². The summed E-state index contributed by atoms with van der Waals surface area (Å²) in [6, 6.07) is 13.4. The zero-order valence-electron chi connectivity index (χ0n) is 15.7. The van der Waals surface area contributed by atoms with E-state index in [2.05, 4.69) is 15.9 Å². The Bertz CT molecular complexity index is 1000. The number of nitrogens with zero attached hydrogens (tertiary/aromatic N) is 1. The molecule has 0 unspecified atom stereocenters. The fourth-order valence-electron chi connectivity index (χ4n) is 3.12. The number of methoxy groups -OCH3 is 1. The molecule has 0 saturated carbocycles. The molecule has 0 saturated heterocycles. The fourth-order valence-corrected chi connectivity index (χ4v) is 3.54. The van der Waals surface area contributed by atoms with Gasteiger partial charge in [-0.05, 0) is 67.8 Å². The van der Waals surface area contributed by atoms with E-state index in [1.807, 2.05) is 56.3 Å². The van der Waals surface area contributed by atoms with Crippen LogP contribution in [-0.2, 0) is 14.3 Å². The van der Waals surface area contributed by atoms with Gasteiger partial charge in [-0.2, -0.15) is 0 Å². The highest BCUT2D eigenvalue weighted by Gasteiger charge is 2.37. The van der Waals surface area contributed by atoms with Gasteiger partial charge < -0.3 is 4.74 Å². The Balaban J connectivity index is 2.15. The van der Waals surface area contributed by atoms with E-state index in [9.17, 15) is 9.59 Å². The second-order valence-corrected chi connectivity index (χ2v) is 7.39. The molecular weight excluding hydrogens is 406 g/mol. The van der Waals surface area contributed by atoms with Crippen molar-refractivity contribution in [3.63, 3.8) is 0 Å². The summed E-state index contributed by atoms with van der Waals surface area (Å²) < 4.78 is 5.84. The third kappa shape index (κ3) is 3.60. The predicted octanol–water partition coefficient (Wildman–Crippen LogP) is 4.94. The molecule has 2 aromatic rings. The number of rotatable bonds is 3. The van der Waals surface area contributed by atoms with Crippen molar-refractivity contribution in [2.75, 3.05) is 12.0 Å². The van der Waals surface area contributed by atoms with Crippen molar-refractivity contribution in [1.82, 2.24) is 0 Å². The number of halogens is 1. The Morgan fingerprint density at radius 1 is 1.07 bits per heavy atom. The third-order valence-corrected chi connectivity index (χ3v) is 5.19. The van der Waals surface area contributed by atoms with Gasteiger partial charge in [0, 0.05) is 15.9 Å². The Labute approximate surface area is 167 Å². The maximum atomic E-state index is 13.2. The van der Waals surface area contributed by atoms with Crippen LogP contribution in [-0.4, -0.2) is 19.0 Å². The number of allylic oxidation sites excluding steroid dienone is 1. The summed E-state index contributed by atoms with van der Waals surface area (Å²) in [5, 5.41) is 0. The maximum absolute atomic E-state index is 13.2. The quantitative estimate of drug-likeness (QED) is 0.516. The van der Waals surface area contributed by atoms with E-state index in [0.717, 1.165) is 26.9 Å². The summed E-state index contributed by atoms with van der Waals surface area (Å²) in [6.45, 7) is 5.78. The van der Waals surface area contributed by atoms with Crippen LogP contribution in [0.4, 0.5) is 5.69 Å². The maximum Gasteiger partial charge on any atom is 0.340 e. The first-order valence-electron chi connectivity index (χ1n) is 8.52. The number of esters is 1. The summed E-state index contributed by atoms with van der Waals surface area (Å²) in [6.07, 6.45) is 1.73. The molecule has 27 heavy (non-hydrogen) atoms. The van der Waals surface area contributed by atoms with Crippen molar-refractivity contribution in [2.24, 2.45) is 0 Å². The van der Waals surface area contributed by atoms with Crippen molar-refractivity contribution in [1.29, 1.82) is 0 Å². The van der Waals surface area contributed by atoms with Gasteiger partial charge >= 0.3 is 5.97 Å². The van der Waals surface area contributed by atoms with Crippen LogP contribution in [0.15, 0.2) is 63.8 Å². The minimum absolute atomic E-state index is 0.240. The minimum atomic E-state index is -0.520. The number of hydrogen-bond acceptors (Lipinski definition) is 3. The van der Waals surface area contributed by atoms with Gasteiger partial charge in [-0.1, -0.05) is 34.1 Å². The highest BCUT2D eigenvalue weighted by molar-refractivity contribution is 9.10. The number of aryl methyl sites for hydroxylation is 2. The molecule has 0 aromatic heterocycles. The molecule has 0 N–H and O–H groups in total. The molecule has 1 aliphatic heterocycles. The molecule has 3 rings (SSSR count). The van der Waals surface area contributed by atoms with Crippen LogP contribution in [0, 0.1) is 13.8 Å². The highest BCUT2D eigenvalue weighted by Crippen LogP contribution is 2.36. The van der Waals surface area contributed by atoms with E-state index in [-0.39, 0.29) is 5.91 Å². The molecule has 1 amide bonds. The second kappa shape index (κ2) is 7.53. The average molecular weight is 426 g/mol. The lowest BCUT2D eigenvalue weighted by Gasteiger charge is -2.19. The van der Waals surface area contributed by atoms with Gasteiger partial charge in [0.1, 0.15) is 0 Å². The highest BCUT2D eigenvalue weighted by atomic mass is 79.9. The van der Waals surface area contributed by atoms with E-state index in [1.165, 1.54) is 7.11 Å². The van der Waals surface area contributed by atoms with Crippen LogP contribution in [0.5, 0.6) is 0 Å². The number of hydrogen-bond donors (Lipinski definition) is 0. The number of carbonyl (C=O) groups excluding carboxylic acids is 2. The van der Waals surface area contributed by atoms with Crippen LogP contribution in [0.25, 0.3) is 6.08 Å². The zero-order chi connectivity index (χ0) is 19.7. The van der Waals surface area contributed by atoms with E-state index in [0.29, 0.717) is 16.8 Å².